The summed E-state index contributed by atoms with van der Waals surface area (Å²) in [6.45, 7) is -0.729. The van der Waals surface area contributed by atoms with Crippen molar-refractivity contribution in [2.75, 3.05) is 13.2 Å². The molecule has 0 aromatic carbocycles. The van der Waals surface area contributed by atoms with Crippen LogP contribution in [-0.2, 0) is 4.74 Å². The van der Waals surface area contributed by atoms with Crippen LogP contribution < -0.4 is 0 Å². The van der Waals surface area contributed by atoms with E-state index in [1.54, 1.807) is 0 Å². The van der Waals surface area contributed by atoms with Crippen molar-refractivity contribution in [3.8, 4) is 0 Å². The highest BCUT2D eigenvalue weighted by Crippen LogP contribution is 2.26. The van der Waals surface area contributed by atoms with Crippen molar-refractivity contribution in [2.45, 2.75) is 44.6 Å². The van der Waals surface area contributed by atoms with E-state index in [4.69, 9.17) is 20.1 Å². The van der Waals surface area contributed by atoms with Crippen molar-refractivity contribution in [1.82, 2.24) is 0 Å². The number of allylic oxidation sites excluding steroid dienone is 4. The van der Waals surface area contributed by atoms with Gasteiger partial charge >= 0.3 is 0 Å². The van der Waals surface area contributed by atoms with E-state index in [2.05, 4.69) is 12.2 Å². The van der Waals surface area contributed by atoms with Crippen LogP contribution >= 0.6 is 0 Å². The first-order chi connectivity index (χ1) is 8.26. The largest absolute Gasteiger partial charge is 0.467 e. The van der Waals surface area contributed by atoms with Gasteiger partial charge in [-0.2, -0.15) is 0 Å². The van der Waals surface area contributed by atoms with Crippen LogP contribution in [0.1, 0.15) is 38.5 Å². The molecule has 0 atom stereocenters. The summed E-state index contributed by atoms with van der Waals surface area (Å²) in [6.07, 6.45) is 10.8. The van der Waals surface area contributed by atoms with Crippen LogP contribution in [0.5, 0.6) is 0 Å². The Bertz CT molecular complexity index is 245. The smallest absolute Gasteiger partial charge is 0.100 e. The lowest BCUT2D eigenvalue weighted by Gasteiger charge is -2.05. The van der Waals surface area contributed by atoms with Crippen LogP contribution in [0.3, 0.4) is 0 Å². The summed E-state index contributed by atoms with van der Waals surface area (Å²) in [7, 11) is 0. The average Bonchev–Trinajstić information content (AvgIpc) is 3.03. The molecule has 17 heavy (non-hydrogen) atoms. The Morgan fingerprint density at radius 1 is 1.00 bits per heavy atom. The summed E-state index contributed by atoms with van der Waals surface area (Å²) < 4.78 is 5.69. The molecule has 2 aliphatic carbocycles. The van der Waals surface area contributed by atoms with Gasteiger partial charge in [0.15, 0.2) is 0 Å². The molecule has 4 nitrogen and oxygen atoms in total. The maximum absolute atomic E-state index is 8.17. The van der Waals surface area contributed by atoms with E-state index in [9.17, 15) is 0 Å². The third kappa shape index (κ3) is 5.86. The molecule has 0 unspecified atom stereocenters. The minimum atomic E-state index is -0.954. The number of hydrogen-bond acceptors (Lipinski definition) is 4. The van der Waals surface area contributed by atoms with Crippen LogP contribution in [0.2, 0.25) is 0 Å². The first kappa shape index (κ1) is 14.2. The third-order valence-electron chi connectivity index (χ3n) is 2.68. The zero-order chi connectivity index (χ0) is 12.5. The van der Waals surface area contributed by atoms with Gasteiger partial charge in [0, 0.05) is 12.8 Å². The molecule has 0 saturated carbocycles. The van der Waals surface area contributed by atoms with Crippen LogP contribution in [-0.4, -0.2) is 34.6 Å². The van der Waals surface area contributed by atoms with Gasteiger partial charge < -0.3 is 20.1 Å². The van der Waals surface area contributed by atoms with E-state index in [0.29, 0.717) is 0 Å². The summed E-state index contributed by atoms with van der Waals surface area (Å²) in [5.74, 6) is 2.41. The molecule has 0 spiro atoms. The zero-order valence-electron chi connectivity index (χ0n) is 10.1. The molecule has 0 fully saturated rings. The molecule has 0 bridgehead atoms. The molecule has 0 heterocycles. The van der Waals surface area contributed by atoms with E-state index >= 15 is 0 Å². The molecule has 98 valence electrons. The molecule has 0 amide bonds. The second kappa shape index (κ2) is 8.28. The lowest BCUT2D eigenvalue weighted by atomic mass is 10.3. The molecule has 4 heteroatoms. The fourth-order valence-corrected chi connectivity index (χ4v) is 1.69. The van der Waals surface area contributed by atoms with Crippen LogP contribution in [0.15, 0.2) is 23.7 Å². The van der Waals surface area contributed by atoms with Crippen LogP contribution in [0.25, 0.3) is 0 Å². The Kier molecular flexibility index (Phi) is 6.93. The summed E-state index contributed by atoms with van der Waals surface area (Å²) in [6, 6.07) is 0. The monoisotopic (exact) mass is 242 g/mol. The average molecular weight is 242 g/mol. The van der Waals surface area contributed by atoms with E-state index in [1.165, 1.54) is 37.2 Å². The number of hydrogen-bond donors (Lipinski definition) is 3. The summed E-state index contributed by atoms with van der Waals surface area (Å²) in [5, 5.41) is 24.0. The fraction of sp³-hybridized carbons (Fsp3) is 0.692. The van der Waals surface area contributed by atoms with Gasteiger partial charge in [0.05, 0.1) is 24.7 Å². The molecule has 0 aliphatic heterocycles. The van der Waals surface area contributed by atoms with Gasteiger partial charge in [-0.05, 0) is 37.8 Å². The number of ether oxygens (including phenoxy) is 1. The predicted octanol–water partition coefficient (Wildman–Crippen LogP) is 1.47. The number of rotatable bonds is 4. The Labute approximate surface area is 102 Å². The Hall–Kier alpha value is -0.840. The van der Waals surface area contributed by atoms with Gasteiger partial charge in [0.2, 0.25) is 0 Å². The third-order valence-corrected chi connectivity index (χ3v) is 2.68. The van der Waals surface area contributed by atoms with E-state index in [1.807, 2.05) is 0 Å². The van der Waals surface area contributed by atoms with E-state index in [-0.39, 0.29) is 13.2 Å². The minimum Gasteiger partial charge on any atom is -0.467 e. The van der Waals surface area contributed by atoms with Gasteiger partial charge in [0.25, 0.3) is 0 Å². The summed E-state index contributed by atoms with van der Waals surface area (Å²) in [4.78, 5) is 0. The summed E-state index contributed by atoms with van der Waals surface area (Å²) >= 11 is 0. The van der Waals surface area contributed by atoms with Gasteiger partial charge in [0.1, 0.15) is 6.10 Å². The standard InChI is InChI=1S/C10H14O.C3H8O3/c1-2-6-9(5-1)11-10-7-3-4-8-10;4-1-3(6)2-5/h5,7H,1-4,6,8H2;3-6H,1-2H2. The molecule has 0 saturated heterocycles. The van der Waals surface area contributed by atoms with Crippen molar-refractivity contribution in [2.24, 2.45) is 0 Å². The molecular formula is C13H22O4. The highest BCUT2D eigenvalue weighted by molar-refractivity contribution is 5.08. The van der Waals surface area contributed by atoms with Gasteiger partial charge in [-0.25, -0.2) is 0 Å². The number of aliphatic hydroxyl groups excluding tert-OH is 3. The molecule has 0 aromatic rings. The Morgan fingerprint density at radius 3 is 1.71 bits per heavy atom. The normalized spacial score (nSPS) is 18.6. The SMILES string of the molecule is C1=C(OC2=CCCC2)CCC1.OCC(O)CO. The molecule has 3 N–H and O–H groups in total. The van der Waals surface area contributed by atoms with E-state index < -0.39 is 6.10 Å². The second-order valence-corrected chi connectivity index (χ2v) is 4.25. The lowest BCUT2D eigenvalue weighted by Crippen LogP contribution is -2.15. The fourth-order valence-electron chi connectivity index (χ4n) is 1.69. The topological polar surface area (TPSA) is 69.9 Å². The van der Waals surface area contributed by atoms with Crippen molar-refractivity contribution in [3.05, 3.63) is 23.7 Å². The first-order valence-electron chi connectivity index (χ1n) is 6.22. The maximum atomic E-state index is 8.17. The maximum Gasteiger partial charge on any atom is 0.100 e. The molecule has 0 aromatic heterocycles. The highest BCUT2D eigenvalue weighted by Gasteiger charge is 2.10. The first-order valence-corrected chi connectivity index (χ1v) is 6.22. The molecule has 0 radical (unpaired) electrons. The van der Waals surface area contributed by atoms with Crippen molar-refractivity contribution < 1.29 is 20.1 Å². The predicted molar refractivity (Wildman–Crippen MR) is 65.1 cm³/mol. The van der Waals surface area contributed by atoms with Crippen molar-refractivity contribution >= 4 is 0 Å². The highest BCUT2D eigenvalue weighted by atomic mass is 16.5. The van der Waals surface area contributed by atoms with E-state index in [0.717, 1.165) is 12.8 Å². The quantitative estimate of drug-likeness (QED) is 0.698. The molecular weight excluding hydrogens is 220 g/mol. The van der Waals surface area contributed by atoms with Gasteiger partial charge in [-0.3, -0.25) is 0 Å². The lowest BCUT2D eigenvalue weighted by molar-refractivity contribution is 0.0450. The summed E-state index contributed by atoms with van der Waals surface area (Å²) in [5.41, 5.74) is 0. The second-order valence-electron chi connectivity index (χ2n) is 4.25. The zero-order valence-corrected chi connectivity index (χ0v) is 10.1. The van der Waals surface area contributed by atoms with Crippen molar-refractivity contribution in [3.63, 3.8) is 0 Å². The minimum absolute atomic E-state index is 0.365. The van der Waals surface area contributed by atoms with Crippen molar-refractivity contribution in [1.29, 1.82) is 0 Å². The van der Waals surface area contributed by atoms with Gasteiger partial charge in [-0.15, -0.1) is 0 Å². The Balaban J connectivity index is 0.000000209. The van der Waals surface area contributed by atoms with Crippen LogP contribution in [0.4, 0.5) is 0 Å². The van der Waals surface area contributed by atoms with Gasteiger partial charge in [-0.1, -0.05) is 0 Å². The molecule has 2 aliphatic rings. The molecule has 2 rings (SSSR count). The Morgan fingerprint density at radius 2 is 1.47 bits per heavy atom. The number of aliphatic hydroxyl groups is 3. The van der Waals surface area contributed by atoms with Crippen LogP contribution in [0, 0.1) is 0 Å².